The number of hydrogen-bond donors (Lipinski definition) is 1. The second kappa shape index (κ2) is 7.29. The van der Waals surface area contributed by atoms with Gasteiger partial charge in [0.2, 0.25) is 0 Å². The molecule has 0 amide bonds. The summed E-state index contributed by atoms with van der Waals surface area (Å²) < 4.78 is 14.4. The van der Waals surface area contributed by atoms with E-state index in [1.54, 1.807) is 23.5 Å². The summed E-state index contributed by atoms with van der Waals surface area (Å²) in [6, 6.07) is 4.90. The summed E-state index contributed by atoms with van der Waals surface area (Å²) in [5.74, 6) is -0.207. The summed E-state index contributed by atoms with van der Waals surface area (Å²) in [5.41, 5.74) is 1.99. The van der Waals surface area contributed by atoms with Crippen LogP contribution in [0.2, 0.25) is 0 Å². The Morgan fingerprint density at radius 3 is 2.90 bits per heavy atom. The second-order valence-corrected chi connectivity index (χ2v) is 6.56. The van der Waals surface area contributed by atoms with Gasteiger partial charge < -0.3 is 5.32 Å². The maximum atomic E-state index is 13.5. The Hall–Kier alpha value is -0.780. The first-order valence-corrected chi connectivity index (χ1v) is 8.36. The summed E-state index contributed by atoms with van der Waals surface area (Å²) in [5, 5.41) is 6.61. The van der Waals surface area contributed by atoms with Crippen LogP contribution in [0.15, 0.2) is 28.1 Å². The van der Waals surface area contributed by atoms with E-state index in [1.807, 2.05) is 12.3 Å². The highest BCUT2D eigenvalue weighted by atomic mass is 79.9. The lowest BCUT2D eigenvalue weighted by atomic mass is 10.0. The largest absolute Gasteiger partial charge is 0.310 e. The molecular weight excluding hydrogens is 339 g/mol. The first-order chi connectivity index (χ1) is 9.60. The van der Waals surface area contributed by atoms with Crippen molar-refractivity contribution in [1.82, 2.24) is 10.3 Å². The number of nitrogens with one attached hydrogen (secondary N) is 1. The second-order valence-electron chi connectivity index (χ2n) is 4.76. The lowest BCUT2D eigenvalue weighted by Crippen LogP contribution is -2.24. The monoisotopic (exact) mass is 356 g/mol. The van der Waals surface area contributed by atoms with E-state index >= 15 is 0 Å². The van der Waals surface area contributed by atoms with Crippen molar-refractivity contribution in [2.24, 2.45) is 0 Å². The van der Waals surface area contributed by atoms with Crippen LogP contribution in [0, 0.1) is 12.7 Å². The van der Waals surface area contributed by atoms with Crippen molar-refractivity contribution in [3.8, 4) is 0 Å². The molecule has 1 N–H and O–H groups in total. The summed E-state index contributed by atoms with van der Waals surface area (Å²) >= 11 is 5.17. The molecule has 2 nitrogen and oxygen atoms in total. The maximum Gasteiger partial charge on any atom is 0.123 e. The molecule has 1 heterocycles. The van der Waals surface area contributed by atoms with Gasteiger partial charge in [-0.25, -0.2) is 9.37 Å². The predicted molar refractivity (Wildman–Crippen MR) is 85.7 cm³/mol. The lowest BCUT2D eigenvalue weighted by molar-refractivity contribution is 0.521. The van der Waals surface area contributed by atoms with E-state index in [4.69, 9.17) is 0 Å². The van der Waals surface area contributed by atoms with E-state index in [1.165, 1.54) is 6.07 Å². The molecule has 0 aliphatic rings. The van der Waals surface area contributed by atoms with Gasteiger partial charge in [0.1, 0.15) is 5.82 Å². The molecule has 5 heteroatoms. The van der Waals surface area contributed by atoms with Gasteiger partial charge in [-0.3, -0.25) is 0 Å². The molecule has 1 atom stereocenters. The molecule has 2 rings (SSSR count). The van der Waals surface area contributed by atoms with Gasteiger partial charge in [0.05, 0.1) is 5.01 Å². The minimum atomic E-state index is -0.207. The molecule has 1 aromatic heterocycles. The Balaban J connectivity index is 2.24. The summed E-state index contributed by atoms with van der Waals surface area (Å²) in [7, 11) is 0. The predicted octanol–water partition coefficient (Wildman–Crippen LogP) is 4.64. The molecule has 0 spiro atoms. The Kier molecular flexibility index (Phi) is 5.69. The van der Waals surface area contributed by atoms with Gasteiger partial charge in [-0.2, -0.15) is 0 Å². The number of nitrogens with zero attached hydrogens (tertiary/aromatic N) is 1. The Bertz CT molecular complexity index is 571. The van der Waals surface area contributed by atoms with Gasteiger partial charge in [-0.15, -0.1) is 11.3 Å². The topological polar surface area (TPSA) is 24.9 Å². The average molecular weight is 357 g/mol. The third-order valence-corrected chi connectivity index (χ3v) is 4.73. The zero-order valence-electron chi connectivity index (χ0n) is 11.6. The minimum absolute atomic E-state index is 0.0746. The molecule has 0 fully saturated rings. The first-order valence-electron chi connectivity index (χ1n) is 6.69. The Labute approximate surface area is 131 Å². The SMILES string of the molecule is CCCNC(Cc1nc(C)cs1)c1cc(F)ccc1Br. The zero-order chi connectivity index (χ0) is 14.5. The number of benzene rings is 1. The highest BCUT2D eigenvalue weighted by molar-refractivity contribution is 9.10. The zero-order valence-corrected chi connectivity index (χ0v) is 14.0. The molecule has 0 aliphatic carbocycles. The fourth-order valence-electron chi connectivity index (χ4n) is 2.06. The highest BCUT2D eigenvalue weighted by Gasteiger charge is 2.17. The molecular formula is C15H18BrFN2S. The van der Waals surface area contributed by atoms with Crippen molar-refractivity contribution < 1.29 is 4.39 Å². The van der Waals surface area contributed by atoms with E-state index in [2.05, 4.69) is 33.2 Å². The van der Waals surface area contributed by atoms with Crippen molar-refractivity contribution >= 4 is 27.3 Å². The van der Waals surface area contributed by atoms with Crippen LogP contribution in [0.4, 0.5) is 4.39 Å². The van der Waals surface area contributed by atoms with Crippen molar-refractivity contribution in [2.45, 2.75) is 32.7 Å². The van der Waals surface area contributed by atoms with Crippen LogP contribution in [0.25, 0.3) is 0 Å². The molecule has 0 bridgehead atoms. The number of aryl methyl sites for hydroxylation is 1. The van der Waals surface area contributed by atoms with Crippen molar-refractivity contribution in [2.75, 3.05) is 6.54 Å². The molecule has 1 aromatic carbocycles. The van der Waals surface area contributed by atoms with Crippen LogP contribution in [-0.2, 0) is 6.42 Å². The number of hydrogen-bond acceptors (Lipinski definition) is 3. The van der Waals surface area contributed by atoms with Gasteiger partial charge in [0, 0.05) is 28.0 Å². The molecule has 20 heavy (non-hydrogen) atoms. The van der Waals surface area contributed by atoms with Crippen LogP contribution < -0.4 is 5.32 Å². The maximum absolute atomic E-state index is 13.5. The summed E-state index contributed by atoms with van der Waals surface area (Å²) in [6.45, 7) is 5.02. The minimum Gasteiger partial charge on any atom is -0.310 e. The van der Waals surface area contributed by atoms with E-state index in [-0.39, 0.29) is 11.9 Å². The van der Waals surface area contributed by atoms with Gasteiger partial charge >= 0.3 is 0 Å². The Morgan fingerprint density at radius 2 is 2.25 bits per heavy atom. The van der Waals surface area contributed by atoms with Crippen LogP contribution in [0.3, 0.4) is 0 Å². The van der Waals surface area contributed by atoms with Crippen molar-refractivity contribution in [1.29, 1.82) is 0 Å². The molecule has 1 unspecified atom stereocenters. The molecule has 0 aliphatic heterocycles. The smallest absolute Gasteiger partial charge is 0.123 e. The highest BCUT2D eigenvalue weighted by Crippen LogP contribution is 2.28. The third kappa shape index (κ3) is 4.11. The fraction of sp³-hybridized carbons (Fsp3) is 0.400. The summed E-state index contributed by atoms with van der Waals surface area (Å²) in [4.78, 5) is 4.51. The van der Waals surface area contributed by atoms with Gasteiger partial charge in [-0.05, 0) is 43.7 Å². The molecule has 0 radical (unpaired) electrons. The lowest BCUT2D eigenvalue weighted by Gasteiger charge is -2.19. The number of halogens is 2. The third-order valence-electron chi connectivity index (χ3n) is 3.02. The normalized spacial score (nSPS) is 12.6. The van der Waals surface area contributed by atoms with Crippen molar-refractivity contribution in [3.05, 3.63) is 50.1 Å². The van der Waals surface area contributed by atoms with E-state index in [0.717, 1.165) is 40.1 Å². The van der Waals surface area contributed by atoms with Gasteiger partial charge in [0.25, 0.3) is 0 Å². The van der Waals surface area contributed by atoms with E-state index in [9.17, 15) is 4.39 Å². The van der Waals surface area contributed by atoms with Gasteiger partial charge in [0.15, 0.2) is 0 Å². The molecule has 2 aromatic rings. The molecule has 0 saturated carbocycles. The van der Waals surface area contributed by atoms with E-state index in [0.29, 0.717) is 0 Å². The number of rotatable bonds is 6. The number of aromatic nitrogens is 1. The van der Waals surface area contributed by atoms with Gasteiger partial charge in [-0.1, -0.05) is 22.9 Å². The van der Waals surface area contributed by atoms with E-state index < -0.39 is 0 Å². The van der Waals surface area contributed by atoms with Crippen LogP contribution >= 0.6 is 27.3 Å². The van der Waals surface area contributed by atoms with Crippen molar-refractivity contribution in [3.63, 3.8) is 0 Å². The fourth-order valence-corrected chi connectivity index (χ4v) is 3.41. The Morgan fingerprint density at radius 1 is 1.45 bits per heavy atom. The summed E-state index contributed by atoms with van der Waals surface area (Å²) in [6.07, 6.45) is 1.82. The molecule has 108 valence electrons. The first kappa shape index (κ1) is 15.6. The molecule has 0 saturated heterocycles. The number of thiazole rings is 1. The van der Waals surface area contributed by atoms with Crippen LogP contribution in [0.5, 0.6) is 0 Å². The van der Waals surface area contributed by atoms with Crippen LogP contribution in [-0.4, -0.2) is 11.5 Å². The van der Waals surface area contributed by atoms with Crippen LogP contribution in [0.1, 0.15) is 35.7 Å². The standard InChI is InChI=1S/C15H18BrFN2S/c1-3-6-18-14(8-15-19-10(2)9-20-15)12-7-11(17)4-5-13(12)16/h4-5,7,9,14,18H,3,6,8H2,1-2H3. The average Bonchev–Trinajstić information content (AvgIpc) is 2.83. The quantitative estimate of drug-likeness (QED) is 0.815.